The summed E-state index contributed by atoms with van der Waals surface area (Å²) in [6.07, 6.45) is 1.37. The molecule has 0 saturated carbocycles. The molecule has 2 aromatic carbocycles. The van der Waals surface area contributed by atoms with Crippen LogP contribution in [0, 0.1) is 5.82 Å². The van der Waals surface area contributed by atoms with Gasteiger partial charge in [-0.3, -0.25) is 9.59 Å². The average molecular weight is 368 g/mol. The van der Waals surface area contributed by atoms with Crippen LogP contribution < -0.4 is 10.7 Å². The zero-order valence-corrected chi connectivity index (χ0v) is 13.7. The standard InChI is InChI=1S/C16H12Cl2FN3O2/c17-11-5-2-1-4-10(11)8-21-22-14(23)9-20-16(24)15-12(18)6-3-7-13(15)19/h1-8H,9H2,(H,20,24)(H,22,23)/b21-8-. The number of carbonyl (C=O) groups is 2. The van der Waals surface area contributed by atoms with Gasteiger partial charge in [-0.2, -0.15) is 5.10 Å². The summed E-state index contributed by atoms with van der Waals surface area (Å²) in [4.78, 5) is 23.5. The van der Waals surface area contributed by atoms with Crippen molar-refractivity contribution in [1.82, 2.24) is 10.7 Å². The largest absolute Gasteiger partial charge is 0.343 e. The van der Waals surface area contributed by atoms with Crippen molar-refractivity contribution >= 4 is 41.2 Å². The van der Waals surface area contributed by atoms with E-state index in [1.807, 2.05) is 0 Å². The molecule has 2 rings (SSSR count). The van der Waals surface area contributed by atoms with E-state index in [4.69, 9.17) is 23.2 Å². The summed E-state index contributed by atoms with van der Waals surface area (Å²) in [7, 11) is 0. The van der Waals surface area contributed by atoms with E-state index in [2.05, 4.69) is 15.8 Å². The molecule has 0 saturated heterocycles. The van der Waals surface area contributed by atoms with E-state index in [9.17, 15) is 14.0 Å². The van der Waals surface area contributed by atoms with E-state index >= 15 is 0 Å². The maximum absolute atomic E-state index is 13.6. The van der Waals surface area contributed by atoms with E-state index in [0.717, 1.165) is 6.07 Å². The molecule has 0 aliphatic heterocycles. The van der Waals surface area contributed by atoms with Crippen LogP contribution in [0.4, 0.5) is 4.39 Å². The Balaban J connectivity index is 1.87. The van der Waals surface area contributed by atoms with Crippen molar-refractivity contribution in [2.45, 2.75) is 0 Å². The molecular formula is C16H12Cl2FN3O2. The lowest BCUT2D eigenvalue weighted by Crippen LogP contribution is -2.35. The topological polar surface area (TPSA) is 70.6 Å². The van der Waals surface area contributed by atoms with Crippen LogP contribution in [0.25, 0.3) is 0 Å². The number of hydrogen-bond donors (Lipinski definition) is 2. The van der Waals surface area contributed by atoms with Crippen molar-refractivity contribution in [2.24, 2.45) is 5.10 Å². The second-order valence-corrected chi connectivity index (χ2v) is 5.41. The van der Waals surface area contributed by atoms with Crippen LogP contribution >= 0.6 is 23.2 Å². The molecule has 0 aliphatic rings. The Hall–Kier alpha value is -2.44. The minimum Gasteiger partial charge on any atom is -0.343 e. The Kier molecular flexibility index (Phi) is 6.28. The van der Waals surface area contributed by atoms with E-state index < -0.39 is 17.6 Å². The van der Waals surface area contributed by atoms with E-state index in [1.165, 1.54) is 18.3 Å². The van der Waals surface area contributed by atoms with E-state index in [1.54, 1.807) is 24.3 Å². The molecule has 2 N–H and O–H groups in total. The number of nitrogens with one attached hydrogen (secondary N) is 2. The predicted molar refractivity (Wildman–Crippen MR) is 90.9 cm³/mol. The second kappa shape index (κ2) is 8.42. The Morgan fingerprint density at radius 2 is 1.79 bits per heavy atom. The van der Waals surface area contributed by atoms with Crippen LogP contribution in [-0.2, 0) is 4.79 Å². The number of rotatable bonds is 5. The van der Waals surface area contributed by atoms with Crippen molar-refractivity contribution in [3.8, 4) is 0 Å². The van der Waals surface area contributed by atoms with Gasteiger partial charge < -0.3 is 5.32 Å². The SMILES string of the molecule is O=C(CNC(=O)c1c(F)cccc1Cl)N/N=C\c1ccccc1Cl. The van der Waals surface area contributed by atoms with Gasteiger partial charge in [-0.15, -0.1) is 0 Å². The summed E-state index contributed by atoms with van der Waals surface area (Å²) in [6, 6.07) is 10.8. The normalized spacial score (nSPS) is 10.6. The van der Waals surface area contributed by atoms with Crippen LogP contribution in [0.15, 0.2) is 47.6 Å². The molecule has 0 atom stereocenters. The molecule has 0 aliphatic carbocycles. The third-order valence-electron chi connectivity index (χ3n) is 2.90. The van der Waals surface area contributed by atoms with Crippen LogP contribution in [0.3, 0.4) is 0 Å². The molecule has 124 valence electrons. The Bertz CT molecular complexity index is 776. The number of nitrogens with zero attached hydrogens (tertiary/aromatic N) is 1. The zero-order valence-electron chi connectivity index (χ0n) is 12.2. The van der Waals surface area contributed by atoms with Gasteiger partial charge in [-0.05, 0) is 18.2 Å². The molecule has 24 heavy (non-hydrogen) atoms. The summed E-state index contributed by atoms with van der Waals surface area (Å²) in [5.41, 5.74) is 2.54. The highest BCUT2D eigenvalue weighted by molar-refractivity contribution is 6.34. The van der Waals surface area contributed by atoms with Gasteiger partial charge in [0.05, 0.1) is 23.3 Å². The molecule has 2 amide bonds. The minimum atomic E-state index is -0.789. The molecule has 0 radical (unpaired) electrons. The summed E-state index contributed by atoms with van der Waals surface area (Å²) >= 11 is 11.7. The van der Waals surface area contributed by atoms with Gasteiger partial charge in [0.1, 0.15) is 5.82 Å². The van der Waals surface area contributed by atoms with Crippen molar-refractivity contribution in [1.29, 1.82) is 0 Å². The van der Waals surface area contributed by atoms with Gasteiger partial charge >= 0.3 is 0 Å². The maximum Gasteiger partial charge on any atom is 0.259 e. The summed E-state index contributed by atoms with van der Waals surface area (Å²) in [5.74, 6) is -2.14. The van der Waals surface area contributed by atoms with Crippen molar-refractivity contribution < 1.29 is 14.0 Å². The molecular weight excluding hydrogens is 356 g/mol. The molecule has 8 heteroatoms. The van der Waals surface area contributed by atoms with Gasteiger partial charge in [-0.1, -0.05) is 47.5 Å². The molecule has 0 unspecified atom stereocenters. The van der Waals surface area contributed by atoms with Crippen LogP contribution in [0.5, 0.6) is 0 Å². The molecule has 0 heterocycles. The van der Waals surface area contributed by atoms with Crippen LogP contribution in [-0.4, -0.2) is 24.6 Å². The highest BCUT2D eigenvalue weighted by atomic mass is 35.5. The van der Waals surface area contributed by atoms with Gasteiger partial charge in [0.2, 0.25) is 0 Å². The minimum absolute atomic E-state index is 0.0374. The first kappa shape index (κ1) is 17.9. The van der Waals surface area contributed by atoms with Crippen molar-refractivity contribution in [3.05, 3.63) is 69.5 Å². The summed E-state index contributed by atoms with van der Waals surface area (Å²) < 4.78 is 13.6. The molecule has 0 bridgehead atoms. The highest BCUT2D eigenvalue weighted by Gasteiger charge is 2.16. The first-order valence-electron chi connectivity index (χ1n) is 6.77. The zero-order chi connectivity index (χ0) is 17.5. The van der Waals surface area contributed by atoms with E-state index in [0.29, 0.717) is 10.6 Å². The summed E-state index contributed by atoms with van der Waals surface area (Å²) in [6.45, 7) is -0.386. The van der Waals surface area contributed by atoms with Crippen LogP contribution in [0.2, 0.25) is 10.0 Å². The van der Waals surface area contributed by atoms with Crippen LogP contribution in [0.1, 0.15) is 15.9 Å². The second-order valence-electron chi connectivity index (χ2n) is 4.59. The lowest BCUT2D eigenvalue weighted by atomic mass is 10.2. The third kappa shape index (κ3) is 4.78. The van der Waals surface area contributed by atoms with Gasteiger partial charge in [-0.25, -0.2) is 9.82 Å². The van der Waals surface area contributed by atoms with E-state index in [-0.39, 0.29) is 17.1 Å². The number of amides is 2. The van der Waals surface area contributed by atoms with Gasteiger partial charge in [0.25, 0.3) is 11.8 Å². The van der Waals surface area contributed by atoms with Crippen molar-refractivity contribution in [3.63, 3.8) is 0 Å². The fraction of sp³-hybridized carbons (Fsp3) is 0.0625. The molecule has 0 fully saturated rings. The molecule has 5 nitrogen and oxygen atoms in total. The molecule has 2 aromatic rings. The molecule has 0 aromatic heterocycles. The average Bonchev–Trinajstić information content (AvgIpc) is 2.54. The first-order valence-corrected chi connectivity index (χ1v) is 7.53. The van der Waals surface area contributed by atoms with Gasteiger partial charge in [0, 0.05) is 10.6 Å². The van der Waals surface area contributed by atoms with Crippen molar-refractivity contribution in [2.75, 3.05) is 6.54 Å². The lowest BCUT2D eigenvalue weighted by Gasteiger charge is -2.06. The number of hydrogen-bond acceptors (Lipinski definition) is 3. The number of benzene rings is 2. The Morgan fingerprint density at radius 3 is 2.50 bits per heavy atom. The Morgan fingerprint density at radius 1 is 1.08 bits per heavy atom. The predicted octanol–water partition coefficient (Wildman–Crippen LogP) is 3.01. The third-order valence-corrected chi connectivity index (χ3v) is 3.56. The maximum atomic E-state index is 13.6. The fourth-order valence-electron chi connectivity index (χ4n) is 1.76. The van der Waals surface area contributed by atoms with Gasteiger partial charge in [0.15, 0.2) is 0 Å². The number of carbonyl (C=O) groups excluding carboxylic acids is 2. The lowest BCUT2D eigenvalue weighted by molar-refractivity contribution is -0.120. The Labute approximate surface area is 147 Å². The highest BCUT2D eigenvalue weighted by Crippen LogP contribution is 2.18. The quantitative estimate of drug-likeness (QED) is 0.629. The molecule has 0 spiro atoms. The smallest absolute Gasteiger partial charge is 0.259 e. The summed E-state index contributed by atoms with van der Waals surface area (Å²) in [5, 5.41) is 6.44. The fourth-order valence-corrected chi connectivity index (χ4v) is 2.19. The first-order chi connectivity index (χ1) is 11.5. The number of hydrazone groups is 1. The monoisotopic (exact) mass is 367 g/mol. The number of halogens is 3.